The molecule has 2 heterocycles. The van der Waals surface area contributed by atoms with Crippen molar-refractivity contribution in [3.8, 4) is 11.5 Å². The van der Waals surface area contributed by atoms with Gasteiger partial charge in [0, 0.05) is 28.8 Å². The summed E-state index contributed by atoms with van der Waals surface area (Å²) in [6.07, 6.45) is 2.19. The van der Waals surface area contributed by atoms with E-state index in [9.17, 15) is 4.79 Å². The van der Waals surface area contributed by atoms with Gasteiger partial charge < -0.3 is 20.1 Å². The van der Waals surface area contributed by atoms with Crippen LogP contribution in [-0.4, -0.2) is 40.6 Å². The number of allylic oxidation sites excluding steroid dienone is 1. The average molecular weight is 494 g/mol. The van der Waals surface area contributed by atoms with Crippen LogP contribution in [0.5, 0.6) is 11.5 Å². The highest BCUT2D eigenvalue weighted by Crippen LogP contribution is 2.41. The van der Waals surface area contributed by atoms with Crippen LogP contribution in [0.4, 0.5) is 11.6 Å². The van der Waals surface area contributed by atoms with Gasteiger partial charge in [0.2, 0.25) is 11.1 Å². The van der Waals surface area contributed by atoms with Gasteiger partial charge in [-0.25, -0.2) is 4.68 Å². The normalized spacial score (nSPS) is 14.8. The van der Waals surface area contributed by atoms with Crippen LogP contribution in [0.25, 0.3) is 0 Å². The van der Waals surface area contributed by atoms with Crippen molar-refractivity contribution in [1.82, 2.24) is 14.8 Å². The molecule has 1 atom stereocenters. The summed E-state index contributed by atoms with van der Waals surface area (Å²) in [5.41, 5.74) is 3.84. The number of amides is 1. The minimum Gasteiger partial charge on any atom is -0.497 e. The molecule has 184 valence electrons. The van der Waals surface area contributed by atoms with E-state index in [1.807, 2.05) is 56.3 Å². The number of rotatable bonds is 9. The van der Waals surface area contributed by atoms with Crippen LogP contribution in [0.2, 0.25) is 0 Å². The Bertz CT molecular complexity index is 1250. The minimum atomic E-state index is -0.537. The molecule has 8 nitrogen and oxygen atoms in total. The van der Waals surface area contributed by atoms with Gasteiger partial charge in [-0.05, 0) is 50.1 Å². The molecule has 35 heavy (non-hydrogen) atoms. The number of hydrogen-bond acceptors (Lipinski definition) is 7. The fourth-order valence-electron chi connectivity index (χ4n) is 4.05. The lowest BCUT2D eigenvalue weighted by atomic mass is 9.94. The van der Waals surface area contributed by atoms with Crippen molar-refractivity contribution >= 4 is 29.3 Å². The molecule has 0 bridgehead atoms. The van der Waals surface area contributed by atoms with E-state index in [-0.39, 0.29) is 5.91 Å². The van der Waals surface area contributed by atoms with Crippen LogP contribution in [0.1, 0.15) is 43.9 Å². The fraction of sp³-hybridized carbons (Fsp3) is 0.346. The summed E-state index contributed by atoms with van der Waals surface area (Å²) in [5, 5.41) is 11.8. The molecule has 0 aliphatic carbocycles. The zero-order chi connectivity index (χ0) is 24.9. The van der Waals surface area contributed by atoms with E-state index in [1.165, 1.54) is 0 Å². The van der Waals surface area contributed by atoms with Crippen molar-refractivity contribution in [2.24, 2.45) is 0 Å². The summed E-state index contributed by atoms with van der Waals surface area (Å²) >= 11 is 1.61. The summed E-state index contributed by atoms with van der Waals surface area (Å²) in [6, 6.07) is 12.8. The molecule has 0 spiro atoms. The number of benzene rings is 2. The van der Waals surface area contributed by atoms with Crippen LogP contribution in [0, 0.1) is 6.92 Å². The maximum atomic E-state index is 13.7. The molecule has 1 aliphatic rings. The topological polar surface area (TPSA) is 90.3 Å². The van der Waals surface area contributed by atoms with Crippen LogP contribution >= 0.6 is 11.8 Å². The van der Waals surface area contributed by atoms with Gasteiger partial charge in [-0.1, -0.05) is 37.2 Å². The molecule has 0 fully saturated rings. The number of ether oxygens (including phenoxy) is 2. The Balaban J connectivity index is 1.79. The summed E-state index contributed by atoms with van der Waals surface area (Å²) in [4.78, 5) is 18.4. The number of carbonyl (C=O) groups is 1. The number of fused-ring (bicyclic) bond motifs is 1. The van der Waals surface area contributed by atoms with Crippen LogP contribution in [-0.2, 0) is 4.79 Å². The average Bonchev–Trinajstić information content (AvgIpc) is 3.25. The SMILES string of the molecule is CCCCSc1nc2n(n1)C(c1ccc(OC)cc1OC)C(C(=O)Nc1cccc(C)c1)=C(C)N2. The third kappa shape index (κ3) is 5.30. The highest BCUT2D eigenvalue weighted by Gasteiger charge is 2.36. The summed E-state index contributed by atoms with van der Waals surface area (Å²) < 4.78 is 12.9. The molecule has 0 radical (unpaired) electrons. The predicted molar refractivity (Wildman–Crippen MR) is 139 cm³/mol. The van der Waals surface area contributed by atoms with Crippen molar-refractivity contribution < 1.29 is 14.3 Å². The molecule has 1 aliphatic heterocycles. The summed E-state index contributed by atoms with van der Waals surface area (Å²) in [6.45, 7) is 6.04. The lowest BCUT2D eigenvalue weighted by Crippen LogP contribution is -2.31. The van der Waals surface area contributed by atoms with E-state index < -0.39 is 6.04 Å². The second kappa shape index (κ2) is 10.9. The number of anilines is 2. The zero-order valence-electron chi connectivity index (χ0n) is 20.7. The maximum Gasteiger partial charge on any atom is 0.255 e. The fourth-order valence-corrected chi connectivity index (χ4v) is 4.96. The second-order valence-electron chi connectivity index (χ2n) is 8.36. The summed E-state index contributed by atoms with van der Waals surface area (Å²) in [5.74, 6) is 2.58. The Morgan fingerprint density at radius 1 is 1.17 bits per heavy atom. The molecule has 2 aromatic carbocycles. The molecule has 0 saturated heterocycles. The first kappa shape index (κ1) is 24.7. The Morgan fingerprint density at radius 2 is 2.00 bits per heavy atom. The standard InChI is InChI=1S/C26H31N5O3S/c1-6-7-13-35-26-29-25-27-17(3)22(24(32)28-18-10-8-9-16(2)14-18)23(31(25)30-26)20-12-11-19(33-4)15-21(20)34-5/h8-12,14-15,23H,6-7,13H2,1-5H3,(H,28,32)(H,27,29,30). The van der Waals surface area contributed by atoms with E-state index in [0.29, 0.717) is 33.9 Å². The van der Waals surface area contributed by atoms with Gasteiger partial charge in [0.1, 0.15) is 17.5 Å². The molecular weight excluding hydrogens is 462 g/mol. The lowest BCUT2D eigenvalue weighted by Gasteiger charge is -2.29. The molecule has 1 aromatic heterocycles. The first-order valence-corrected chi connectivity index (χ1v) is 12.6. The molecule has 1 amide bonds. The highest BCUT2D eigenvalue weighted by atomic mass is 32.2. The minimum absolute atomic E-state index is 0.218. The van der Waals surface area contributed by atoms with Crippen LogP contribution in [0.15, 0.2) is 58.9 Å². The number of unbranched alkanes of at least 4 members (excludes halogenated alkanes) is 1. The Morgan fingerprint density at radius 3 is 2.71 bits per heavy atom. The second-order valence-corrected chi connectivity index (χ2v) is 9.42. The summed E-state index contributed by atoms with van der Waals surface area (Å²) in [7, 11) is 3.22. The number of carbonyl (C=O) groups excluding carboxylic acids is 1. The number of nitrogens with one attached hydrogen (secondary N) is 2. The van der Waals surface area contributed by atoms with Crippen molar-refractivity contribution in [1.29, 1.82) is 0 Å². The molecule has 9 heteroatoms. The van der Waals surface area contributed by atoms with E-state index in [0.717, 1.165) is 35.4 Å². The number of aryl methyl sites for hydroxylation is 1. The van der Waals surface area contributed by atoms with Crippen LogP contribution < -0.4 is 20.1 Å². The first-order chi connectivity index (χ1) is 16.9. The third-order valence-corrected chi connectivity index (χ3v) is 6.74. The van der Waals surface area contributed by atoms with E-state index in [1.54, 1.807) is 30.7 Å². The Kier molecular flexibility index (Phi) is 7.65. The molecule has 0 saturated carbocycles. The zero-order valence-corrected chi connectivity index (χ0v) is 21.5. The number of methoxy groups -OCH3 is 2. The van der Waals surface area contributed by atoms with E-state index in [4.69, 9.17) is 19.6 Å². The molecule has 3 aromatic rings. The number of nitrogens with zero attached hydrogens (tertiary/aromatic N) is 3. The Hall–Kier alpha value is -3.46. The van der Waals surface area contributed by atoms with Gasteiger partial charge in [0.25, 0.3) is 5.91 Å². The molecular formula is C26H31N5O3S. The van der Waals surface area contributed by atoms with Crippen molar-refractivity contribution in [3.05, 3.63) is 64.9 Å². The van der Waals surface area contributed by atoms with Crippen molar-refractivity contribution in [2.45, 2.75) is 44.8 Å². The lowest BCUT2D eigenvalue weighted by molar-refractivity contribution is -0.113. The van der Waals surface area contributed by atoms with Crippen molar-refractivity contribution in [3.63, 3.8) is 0 Å². The number of thioether (sulfide) groups is 1. The highest BCUT2D eigenvalue weighted by molar-refractivity contribution is 7.99. The predicted octanol–water partition coefficient (Wildman–Crippen LogP) is 5.42. The van der Waals surface area contributed by atoms with E-state index in [2.05, 4.69) is 17.6 Å². The van der Waals surface area contributed by atoms with Crippen molar-refractivity contribution in [2.75, 3.05) is 30.6 Å². The van der Waals surface area contributed by atoms with Gasteiger partial charge in [0.15, 0.2) is 0 Å². The Labute approximate surface area is 210 Å². The van der Waals surface area contributed by atoms with Gasteiger partial charge >= 0.3 is 0 Å². The van der Waals surface area contributed by atoms with Gasteiger partial charge in [-0.15, -0.1) is 5.10 Å². The molecule has 4 rings (SSSR count). The van der Waals surface area contributed by atoms with Gasteiger partial charge in [0.05, 0.1) is 19.8 Å². The monoisotopic (exact) mass is 493 g/mol. The van der Waals surface area contributed by atoms with Gasteiger partial charge in [-0.3, -0.25) is 4.79 Å². The first-order valence-electron chi connectivity index (χ1n) is 11.6. The number of aromatic nitrogens is 3. The third-order valence-electron chi connectivity index (χ3n) is 5.82. The largest absolute Gasteiger partial charge is 0.497 e. The molecule has 2 N–H and O–H groups in total. The molecule has 1 unspecified atom stereocenters. The van der Waals surface area contributed by atoms with Crippen LogP contribution in [0.3, 0.4) is 0 Å². The number of hydrogen-bond donors (Lipinski definition) is 2. The maximum absolute atomic E-state index is 13.7. The van der Waals surface area contributed by atoms with E-state index >= 15 is 0 Å². The van der Waals surface area contributed by atoms with Gasteiger partial charge in [-0.2, -0.15) is 4.98 Å². The smallest absolute Gasteiger partial charge is 0.255 e. The quantitative estimate of drug-likeness (QED) is 0.304.